The predicted molar refractivity (Wildman–Crippen MR) is 77.7 cm³/mol. The fourth-order valence-corrected chi connectivity index (χ4v) is 2.40. The molecule has 0 spiro atoms. The number of rotatable bonds is 6. The van der Waals surface area contributed by atoms with Crippen molar-refractivity contribution < 1.29 is 0 Å². The van der Waals surface area contributed by atoms with Crippen LogP contribution in [0.4, 0.5) is 0 Å². The van der Waals surface area contributed by atoms with Gasteiger partial charge in [0.25, 0.3) is 0 Å². The van der Waals surface area contributed by atoms with E-state index in [0.717, 1.165) is 35.8 Å². The van der Waals surface area contributed by atoms with Crippen LogP contribution in [0.1, 0.15) is 30.8 Å². The van der Waals surface area contributed by atoms with Crippen LogP contribution in [0, 0.1) is 0 Å². The molecule has 0 fully saturated rings. The minimum Gasteiger partial charge on any atom is -0.334 e. The van der Waals surface area contributed by atoms with Crippen molar-refractivity contribution >= 4 is 11.6 Å². The van der Waals surface area contributed by atoms with Gasteiger partial charge in [-0.1, -0.05) is 30.7 Å². The Kier molecular flexibility index (Phi) is 4.96. The average Bonchev–Trinajstić information content (AvgIpc) is 2.85. The van der Waals surface area contributed by atoms with Gasteiger partial charge in [-0.25, -0.2) is 10.4 Å². The highest BCUT2D eigenvalue weighted by Crippen LogP contribution is 2.19. The van der Waals surface area contributed by atoms with Crippen molar-refractivity contribution in [1.82, 2.24) is 15.0 Å². The minimum atomic E-state index is -0.0139. The molecule has 5 heteroatoms. The normalized spacial score (nSPS) is 12.6. The van der Waals surface area contributed by atoms with Crippen LogP contribution < -0.4 is 11.3 Å². The molecule has 1 aromatic carbocycles. The Morgan fingerprint density at radius 1 is 1.47 bits per heavy atom. The molecule has 1 aromatic heterocycles. The minimum absolute atomic E-state index is 0.0139. The average molecular weight is 279 g/mol. The van der Waals surface area contributed by atoms with E-state index < -0.39 is 0 Å². The van der Waals surface area contributed by atoms with Gasteiger partial charge < -0.3 is 4.57 Å². The lowest BCUT2D eigenvalue weighted by atomic mass is 10.1. The maximum Gasteiger partial charge on any atom is 0.127 e. The molecule has 1 atom stereocenters. The summed E-state index contributed by atoms with van der Waals surface area (Å²) in [6.07, 6.45) is 5.63. The van der Waals surface area contributed by atoms with Gasteiger partial charge in [0.2, 0.25) is 0 Å². The maximum atomic E-state index is 6.00. The van der Waals surface area contributed by atoms with Crippen molar-refractivity contribution in [2.24, 2.45) is 5.84 Å². The first-order chi connectivity index (χ1) is 9.24. The summed E-state index contributed by atoms with van der Waals surface area (Å²) in [6, 6.07) is 7.81. The highest BCUT2D eigenvalue weighted by atomic mass is 35.5. The molecule has 102 valence electrons. The Bertz CT molecular complexity index is 524. The number of hydrazine groups is 1. The quantitative estimate of drug-likeness (QED) is 0.631. The van der Waals surface area contributed by atoms with Crippen molar-refractivity contribution in [2.45, 2.75) is 32.4 Å². The molecule has 2 rings (SSSR count). The number of hydrogen-bond acceptors (Lipinski definition) is 3. The van der Waals surface area contributed by atoms with Crippen LogP contribution in [0.5, 0.6) is 0 Å². The van der Waals surface area contributed by atoms with E-state index in [0.29, 0.717) is 0 Å². The van der Waals surface area contributed by atoms with Crippen molar-refractivity contribution in [1.29, 1.82) is 0 Å². The molecule has 0 radical (unpaired) electrons. The zero-order chi connectivity index (χ0) is 13.7. The molecule has 2 aromatic rings. The van der Waals surface area contributed by atoms with Crippen LogP contribution in [-0.4, -0.2) is 9.55 Å². The SMILES string of the molecule is CCCn1ccnc1C(Cc1cccc(Cl)c1)NN. The number of imidazole rings is 1. The molecule has 0 saturated heterocycles. The lowest BCUT2D eigenvalue weighted by Gasteiger charge is -2.17. The van der Waals surface area contributed by atoms with Crippen LogP contribution in [0.2, 0.25) is 5.02 Å². The first kappa shape index (κ1) is 14.1. The Balaban J connectivity index is 2.18. The molecule has 0 saturated carbocycles. The third kappa shape index (κ3) is 3.56. The molecule has 0 aliphatic carbocycles. The van der Waals surface area contributed by atoms with E-state index in [1.807, 2.05) is 36.7 Å². The van der Waals surface area contributed by atoms with Crippen LogP contribution in [0.3, 0.4) is 0 Å². The van der Waals surface area contributed by atoms with Crippen LogP contribution in [0.15, 0.2) is 36.7 Å². The Labute approximate surface area is 118 Å². The van der Waals surface area contributed by atoms with Gasteiger partial charge in [0.05, 0.1) is 6.04 Å². The van der Waals surface area contributed by atoms with Gasteiger partial charge in [-0.2, -0.15) is 0 Å². The van der Waals surface area contributed by atoms with Gasteiger partial charge in [0.15, 0.2) is 0 Å². The zero-order valence-electron chi connectivity index (χ0n) is 11.0. The third-order valence-corrected chi connectivity index (χ3v) is 3.29. The summed E-state index contributed by atoms with van der Waals surface area (Å²) in [5, 5.41) is 0.741. The van der Waals surface area contributed by atoms with Crippen molar-refractivity contribution in [2.75, 3.05) is 0 Å². The van der Waals surface area contributed by atoms with E-state index in [4.69, 9.17) is 17.4 Å². The molecule has 3 N–H and O–H groups in total. The smallest absolute Gasteiger partial charge is 0.127 e. The maximum absolute atomic E-state index is 6.00. The van der Waals surface area contributed by atoms with Crippen LogP contribution in [-0.2, 0) is 13.0 Å². The van der Waals surface area contributed by atoms with Crippen LogP contribution in [0.25, 0.3) is 0 Å². The largest absolute Gasteiger partial charge is 0.334 e. The van der Waals surface area contributed by atoms with E-state index in [9.17, 15) is 0 Å². The second-order valence-corrected chi connectivity index (χ2v) is 4.97. The second kappa shape index (κ2) is 6.70. The van der Waals surface area contributed by atoms with Gasteiger partial charge in [0.1, 0.15) is 5.82 Å². The van der Waals surface area contributed by atoms with E-state index >= 15 is 0 Å². The summed E-state index contributed by atoms with van der Waals surface area (Å²) in [6.45, 7) is 3.09. The van der Waals surface area contributed by atoms with Crippen molar-refractivity contribution in [3.63, 3.8) is 0 Å². The topological polar surface area (TPSA) is 55.9 Å². The molecule has 0 amide bonds. The number of aromatic nitrogens is 2. The first-order valence-electron chi connectivity index (χ1n) is 6.46. The molecule has 1 heterocycles. The van der Waals surface area contributed by atoms with E-state index in [1.165, 1.54) is 0 Å². The number of nitrogens with two attached hydrogens (primary N) is 1. The zero-order valence-corrected chi connectivity index (χ0v) is 11.8. The van der Waals surface area contributed by atoms with E-state index in [1.54, 1.807) is 0 Å². The van der Waals surface area contributed by atoms with Gasteiger partial charge in [-0.05, 0) is 30.5 Å². The summed E-state index contributed by atoms with van der Waals surface area (Å²) in [7, 11) is 0. The number of halogens is 1. The van der Waals surface area contributed by atoms with Crippen molar-refractivity contribution in [3.8, 4) is 0 Å². The fraction of sp³-hybridized carbons (Fsp3) is 0.357. The van der Waals surface area contributed by atoms with Gasteiger partial charge in [0, 0.05) is 24.0 Å². The highest BCUT2D eigenvalue weighted by molar-refractivity contribution is 6.30. The molecule has 0 bridgehead atoms. The van der Waals surface area contributed by atoms with Crippen LogP contribution >= 0.6 is 11.6 Å². The highest BCUT2D eigenvalue weighted by Gasteiger charge is 2.16. The summed E-state index contributed by atoms with van der Waals surface area (Å²) < 4.78 is 2.13. The fourth-order valence-electron chi connectivity index (χ4n) is 2.19. The molecular weight excluding hydrogens is 260 g/mol. The second-order valence-electron chi connectivity index (χ2n) is 4.53. The first-order valence-corrected chi connectivity index (χ1v) is 6.84. The predicted octanol–water partition coefficient (Wildman–Crippen LogP) is 2.69. The van der Waals surface area contributed by atoms with Gasteiger partial charge in [-0.15, -0.1) is 0 Å². The summed E-state index contributed by atoms with van der Waals surface area (Å²) in [4.78, 5) is 4.41. The molecule has 19 heavy (non-hydrogen) atoms. The number of nitrogens with one attached hydrogen (secondary N) is 1. The van der Waals surface area contributed by atoms with E-state index in [2.05, 4.69) is 21.9 Å². The molecule has 1 unspecified atom stereocenters. The monoisotopic (exact) mass is 278 g/mol. The number of benzene rings is 1. The van der Waals surface area contributed by atoms with Gasteiger partial charge in [-0.3, -0.25) is 5.84 Å². The Morgan fingerprint density at radius 2 is 2.32 bits per heavy atom. The number of nitrogens with zero attached hydrogens (tertiary/aromatic N) is 2. The lowest BCUT2D eigenvalue weighted by Crippen LogP contribution is -2.31. The molecule has 4 nitrogen and oxygen atoms in total. The summed E-state index contributed by atoms with van der Waals surface area (Å²) >= 11 is 6.00. The molecule has 0 aliphatic rings. The van der Waals surface area contributed by atoms with E-state index in [-0.39, 0.29) is 6.04 Å². The number of aryl methyl sites for hydroxylation is 1. The van der Waals surface area contributed by atoms with Crippen molar-refractivity contribution in [3.05, 3.63) is 53.1 Å². The Hall–Kier alpha value is -1.36. The lowest BCUT2D eigenvalue weighted by molar-refractivity contribution is 0.488. The third-order valence-electron chi connectivity index (χ3n) is 3.05. The van der Waals surface area contributed by atoms with Gasteiger partial charge >= 0.3 is 0 Å². The Morgan fingerprint density at radius 3 is 3.00 bits per heavy atom. The standard InChI is InChI=1S/C14H19ClN4/c1-2-7-19-8-6-17-14(19)13(18-16)10-11-4-3-5-12(15)9-11/h3-6,8-9,13,18H,2,7,10,16H2,1H3. The molecular formula is C14H19ClN4. The summed E-state index contributed by atoms with van der Waals surface area (Å²) in [5.41, 5.74) is 3.99. The number of hydrogen-bond donors (Lipinski definition) is 2. The summed E-state index contributed by atoms with van der Waals surface area (Å²) in [5.74, 6) is 6.64. The molecule has 0 aliphatic heterocycles.